The maximum Gasteiger partial charge on any atom is 0.254 e. The lowest BCUT2D eigenvalue weighted by Crippen LogP contribution is -2.47. The third-order valence-corrected chi connectivity index (χ3v) is 6.09. The van der Waals surface area contributed by atoms with Gasteiger partial charge in [-0.1, -0.05) is 61.3 Å². The largest absolute Gasteiger partial charge is 0.351 e. The third kappa shape index (κ3) is 4.53. The molecule has 0 radical (unpaired) electrons. The van der Waals surface area contributed by atoms with E-state index in [1.807, 2.05) is 59.5 Å². The fourth-order valence-electron chi connectivity index (χ4n) is 4.31. The van der Waals surface area contributed by atoms with Gasteiger partial charge < -0.3 is 10.2 Å². The van der Waals surface area contributed by atoms with Crippen molar-refractivity contribution in [2.45, 2.75) is 38.3 Å². The Balaban J connectivity index is 1.77. The van der Waals surface area contributed by atoms with Gasteiger partial charge in [0.05, 0.1) is 12.0 Å². The summed E-state index contributed by atoms with van der Waals surface area (Å²) in [4.78, 5) is 33.1. The molecule has 2 aromatic carbocycles. The number of nitrogens with zero attached hydrogens (tertiary/aromatic N) is 2. The van der Waals surface area contributed by atoms with Gasteiger partial charge in [-0.15, -0.1) is 0 Å². The average molecular weight is 448 g/mol. The number of rotatable bonds is 7. The van der Waals surface area contributed by atoms with Crippen LogP contribution in [0, 0.1) is 0 Å². The van der Waals surface area contributed by atoms with E-state index < -0.39 is 12.0 Å². The van der Waals surface area contributed by atoms with E-state index in [1.165, 1.54) is 0 Å². The molecule has 0 unspecified atom stereocenters. The Morgan fingerprint density at radius 1 is 1.12 bits per heavy atom. The van der Waals surface area contributed by atoms with Gasteiger partial charge in [-0.05, 0) is 47.4 Å². The molecule has 2 amide bonds. The van der Waals surface area contributed by atoms with Crippen molar-refractivity contribution in [3.63, 3.8) is 0 Å². The Kier molecular flexibility index (Phi) is 6.86. The molecule has 1 aliphatic rings. The van der Waals surface area contributed by atoms with Crippen LogP contribution in [0.5, 0.6) is 0 Å². The molecule has 0 saturated heterocycles. The first kappa shape index (κ1) is 22.0. The first-order valence-electron chi connectivity index (χ1n) is 10.9. The van der Waals surface area contributed by atoms with Crippen molar-refractivity contribution in [2.75, 3.05) is 6.54 Å². The summed E-state index contributed by atoms with van der Waals surface area (Å²) < 4.78 is 0. The Labute approximate surface area is 193 Å². The number of pyridine rings is 1. The van der Waals surface area contributed by atoms with Gasteiger partial charge in [-0.2, -0.15) is 0 Å². The summed E-state index contributed by atoms with van der Waals surface area (Å²) in [6.07, 6.45) is 5.25. The van der Waals surface area contributed by atoms with Gasteiger partial charge in [-0.3, -0.25) is 14.6 Å². The van der Waals surface area contributed by atoms with E-state index in [9.17, 15) is 9.59 Å². The second-order valence-corrected chi connectivity index (χ2v) is 8.43. The van der Waals surface area contributed by atoms with Crippen LogP contribution in [0.4, 0.5) is 0 Å². The molecule has 0 fully saturated rings. The molecule has 0 aliphatic carbocycles. The van der Waals surface area contributed by atoms with Gasteiger partial charge in [0.2, 0.25) is 5.91 Å². The molecule has 1 aliphatic heterocycles. The fraction of sp³-hybridized carbons (Fsp3) is 0.269. The van der Waals surface area contributed by atoms with Crippen molar-refractivity contribution < 1.29 is 9.59 Å². The molecule has 5 nitrogen and oxygen atoms in total. The average Bonchev–Trinajstić information content (AvgIpc) is 2.82. The lowest BCUT2D eigenvalue weighted by atomic mass is 9.79. The molecule has 1 aromatic heterocycles. The standard InChI is InChI=1S/C26H26ClN3O2/c1-2-3-14-30-24(19-9-6-10-20(27)15-19)23(21-11-4-5-12-22(21)26(30)32)25(31)29-17-18-8-7-13-28-16-18/h4-13,15-16,23-24H,2-3,14,17H2,1H3,(H,29,31)/t23-,24-/m0/s1. The number of fused-ring (bicyclic) bond motifs is 1. The van der Waals surface area contributed by atoms with Crippen LogP contribution in [0.1, 0.15) is 58.8 Å². The highest BCUT2D eigenvalue weighted by Crippen LogP contribution is 2.43. The smallest absolute Gasteiger partial charge is 0.254 e. The molecule has 164 valence electrons. The Morgan fingerprint density at radius 2 is 1.97 bits per heavy atom. The van der Waals surface area contributed by atoms with Crippen molar-refractivity contribution in [1.29, 1.82) is 0 Å². The number of carbonyl (C=O) groups is 2. The normalized spacial score (nSPS) is 17.7. The van der Waals surface area contributed by atoms with Gasteiger partial charge in [0, 0.05) is 36.1 Å². The minimum atomic E-state index is -0.545. The molecule has 1 N–H and O–H groups in total. The van der Waals surface area contributed by atoms with Crippen LogP contribution in [-0.2, 0) is 11.3 Å². The zero-order valence-electron chi connectivity index (χ0n) is 18.0. The van der Waals surface area contributed by atoms with Crippen LogP contribution in [0.3, 0.4) is 0 Å². The lowest BCUT2D eigenvalue weighted by Gasteiger charge is -2.42. The van der Waals surface area contributed by atoms with Gasteiger partial charge in [0.25, 0.3) is 5.91 Å². The number of aromatic nitrogens is 1. The summed E-state index contributed by atoms with van der Waals surface area (Å²) in [6, 6.07) is 18.2. The van der Waals surface area contributed by atoms with Crippen LogP contribution in [0.25, 0.3) is 0 Å². The first-order valence-corrected chi connectivity index (χ1v) is 11.3. The number of halogens is 1. The topological polar surface area (TPSA) is 62.3 Å². The van der Waals surface area contributed by atoms with Crippen LogP contribution in [0.2, 0.25) is 5.02 Å². The summed E-state index contributed by atoms with van der Waals surface area (Å²) in [5, 5.41) is 3.65. The second-order valence-electron chi connectivity index (χ2n) is 8.00. The number of benzene rings is 2. The fourth-order valence-corrected chi connectivity index (χ4v) is 4.51. The van der Waals surface area contributed by atoms with Crippen molar-refractivity contribution in [2.24, 2.45) is 0 Å². The van der Waals surface area contributed by atoms with Crippen molar-refractivity contribution >= 4 is 23.4 Å². The quantitative estimate of drug-likeness (QED) is 0.546. The number of hydrogen-bond donors (Lipinski definition) is 1. The summed E-state index contributed by atoms with van der Waals surface area (Å²) in [5.74, 6) is -0.716. The molecule has 0 spiro atoms. The molecular formula is C26H26ClN3O2. The first-order chi connectivity index (χ1) is 15.6. The van der Waals surface area contributed by atoms with E-state index in [0.29, 0.717) is 23.7 Å². The van der Waals surface area contributed by atoms with Crippen molar-refractivity contribution in [3.05, 3.63) is 100 Å². The highest BCUT2D eigenvalue weighted by Gasteiger charge is 2.43. The Morgan fingerprint density at radius 3 is 2.72 bits per heavy atom. The number of hydrogen-bond acceptors (Lipinski definition) is 3. The summed E-state index contributed by atoms with van der Waals surface area (Å²) >= 11 is 6.31. The molecule has 32 heavy (non-hydrogen) atoms. The van der Waals surface area contributed by atoms with Gasteiger partial charge in [0.15, 0.2) is 0 Å². The SMILES string of the molecule is CCCCN1C(=O)c2ccccc2[C@H](C(=O)NCc2cccnc2)[C@@H]1c1cccc(Cl)c1. The second kappa shape index (κ2) is 9.96. The molecule has 0 bridgehead atoms. The molecule has 2 atom stereocenters. The summed E-state index contributed by atoms with van der Waals surface area (Å²) in [6.45, 7) is 3.04. The van der Waals surface area contributed by atoms with Gasteiger partial charge in [0.1, 0.15) is 0 Å². The zero-order valence-corrected chi connectivity index (χ0v) is 18.8. The number of carbonyl (C=O) groups excluding carboxylic acids is 2. The van der Waals surface area contributed by atoms with E-state index in [4.69, 9.17) is 11.6 Å². The lowest BCUT2D eigenvalue weighted by molar-refractivity contribution is -0.124. The Hall–Kier alpha value is -3.18. The van der Waals surface area contributed by atoms with E-state index in [2.05, 4.69) is 17.2 Å². The minimum Gasteiger partial charge on any atom is -0.351 e. The van der Waals surface area contributed by atoms with E-state index in [1.54, 1.807) is 18.5 Å². The van der Waals surface area contributed by atoms with Gasteiger partial charge in [-0.25, -0.2) is 0 Å². The summed E-state index contributed by atoms with van der Waals surface area (Å²) in [7, 11) is 0. The Bertz CT molecular complexity index is 1100. The van der Waals surface area contributed by atoms with Crippen LogP contribution < -0.4 is 5.32 Å². The predicted octanol–water partition coefficient (Wildman–Crippen LogP) is 5.13. The number of amides is 2. The summed E-state index contributed by atoms with van der Waals surface area (Å²) in [5.41, 5.74) is 3.11. The highest BCUT2D eigenvalue weighted by atomic mass is 35.5. The molecule has 6 heteroatoms. The molecule has 3 aromatic rings. The molecular weight excluding hydrogens is 422 g/mol. The number of nitrogens with one attached hydrogen (secondary N) is 1. The van der Waals surface area contributed by atoms with Crippen LogP contribution in [0.15, 0.2) is 73.1 Å². The van der Waals surface area contributed by atoms with E-state index >= 15 is 0 Å². The van der Waals surface area contributed by atoms with Crippen LogP contribution >= 0.6 is 11.6 Å². The van der Waals surface area contributed by atoms with E-state index in [0.717, 1.165) is 29.5 Å². The highest BCUT2D eigenvalue weighted by molar-refractivity contribution is 6.30. The maximum atomic E-state index is 13.6. The monoisotopic (exact) mass is 447 g/mol. The van der Waals surface area contributed by atoms with Crippen molar-refractivity contribution in [1.82, 2.24) is 15.2 Å². The predicted molar refractivity (Wildman–Crippen MR) is 125 cm³/mol. The van der Waals surface area contributed by atoms with Crippen molar-refractivity contribution in [3.8, 4) is 0 Å². The molecule has 0 saturated carbocycles. The minimum absolute atomic E-state index is 0.0460. The molecule has 4 rings (SSSR count). The number of unbranched alkanes of at least 4 members (excludes halogenated alkanes) is 1. The maximum absolute atomic E-state index is 13.6. The third-order valence-electron chi connectivity index (χ3n) is 5.85. The van der Waals surface area contributed by atoms with Gasteiger partial charge >= 0.3 is 0 Å². The molecule has 2 heterocycles. The van der Waals surface area contributed by atoms with Crippen LogP contribution in [-0.4, -0.2) is 28.2 Å². The zero-order chi connectivity index (χ0) is 22.5. The van der Waals surface area contributed by atoms with E-state index in [-0.39, 0.29) is 11.8 Å².